The summed E-state index contributed by atoms with van der Waals surface area (Å²) in [7, 11) is 1.68. The molecule has 5 rings (SSSR count). The maximum absolute atomic E-state index is 12.3. The molecule has 1 aliphatic carbocycles. The van der Waals surface area contributed by atoms with E-state index < -0.39 is 5.54 Å². The van der Waals surface area contributed by atoms with E-state index in [1.165, 1.54) is 0 Å². The third-order valence-electron chi connectivity index (χ3n) is 6.56. The Kier molecular flexibility index (Phi) is 6.03. The van der Waals surface area contributed by atoms with Crippen LogP contribution in [0.25, 0.3) is 28.2 Å². The van der Waals surface area contributed by atoms with Crippen molar-refractivity contribution in [1.82, 2.24) is 35.3 Å². The van der Waals surface area contributed by atoms with Gasteiger partial charge in [-0.1, -0.05) is 6.92 Å². The molecule has 3 aromatic heterocycles. The highest BCUT2D eigenvalue weighted by molar-refractivity contribution is 9.10. The average molecular weight is 554 g/mol. The zero-order chi connectivity index (χ0) is 25.7. The minimum absolute atomic E-state index is 0.0668. The number of hydrogen-bond donors (Lipinski definition) is 3. The summed E-state index contributed by atoms with van der Waals surface area (Å²) in [6.07, 6.45) is 4.15. The molecule has 3 heterocycles. The molecule has 36 heavy (non-hydrogen) atoms. The van der Waals surface area contributed by atoms with Crippen LogP contribution in [0.5, 0.6) is 0 Å². The predicted molar refractivity (Wildman–Crippen MR) is 138 cm³/mol. The topological polar surface area (TPSA) is 150 Å². The number of halogens is 1. The standard InChI is InChI=1S/C24H28BrN9O2/c1-23(2,26)21-32-31-19(36-21)13-5-7-15(8-6-13)34-18-16(17(25)33-34)12-28-22(30-18)29-14-9-10-24(3,11-14)20(35)27-4/h5-8,12,14H,9-11,26H2,1-4H3,(H,27,35)(H,28,29,30)/t14-,24-/m1/s1. The lowest BCUT2D eigenvalue weighted by molar-refractivity contribution is -0.129. The highest BCUT2D eigenvalue weighted by Gasteiger charge is 2.41. The van der Waals surface area contributed by atoms with Gasteiger partial charge in [0.05, 0.1) is 16.6 Å². The maximum Gasteiger partial charge on any atom is 0.247 e. The molecule has 1 saturated carbocycles. The molecule has 1 aromatic carbocycles. The van der Waals surface area contributed by atoms with Crippen LogP contribution in [0, 0.1) is 5.41 Å². The Morgan fingerprint density at radius 3 is 2.69 bits per heavy atom. The fourth-order valence-corrected chi connectivity index (χ4v) is 4.96. The molecular formula is C24H28BrN9O2. The van der Waals surface area contributed by atoms with Crippen LogP contribution >= 0.6 is 15.9 Å². The molecule has 188 valence electrons. The quantitative estimate of drug-likeness (QED) is 0.325. The maximum atomic E-state index is 12.3. The van der Waals surface area contributed by atoms with E-state index in [2.05, 4.69) is 46.8 Å². The summed E-state index contributed by atoms with van der Waals surface area (Å²) in [6, 6.07) is 7.70. The predicted octanol–water partition coefficient (Wildman–Crippen LogP) is 3.54. The molecule has 11 nitrogen and oxygen atoms in total. The van der Waals surface area contributed by atoms with Crippen molar-refractivity contribution >= 4 is 38.8 Å². The second-order valence-corrected chi connectivity index (χ2v) is 10.8. The summed E-state index contributed by atoms with van der Waals surface area (Å²) >= 11 is 3.52. The molecule has 1 fully saturated rings. The molecule has 0 bridgehead atoms. The zero-order valence-electron chi connectivity index (χ0n) is 20.5. The molecule has 1 aliphatic rings. The second-order valence-electron chi connectivity index (χ2n) is 10.0. The molecule has 0 saturated heterocycles. The van der Waals surface area contributed by atoms with Crippen molar-refractivity contribution in [2.24, 2.45) is 11.1 Å². The molecule has 1 amide bonds. The summed E-state index contributed by atoms with van der Waals surface area (Å²) in [5.74, 6) is 1.34. The van der Waals surface area contributed by atoms with Crippen LogP contribution in [0.15, 0.2) is 39.5 Å². The Bertz CT molecular complexity index is 1420. The van der Waals surface area contributed by atoms with Crippen molar-refractivity contribution in [2.75, 3.05) is 12.4 Å². The third-order valence-corrected chi connectivity index (χ3v) is 7.15. The lowest BCUT2D eigenvalue weighted by Gasteiger charge is -2.22. The van der Waals surface area contributed by atoms with E-state index in [0.29, 0.717) is 28.0 Å². The number of carbonyl (C=O) groups is 1. The van der Waals surface area contributed by atoms with Crippen LogP contribution in [0.4, 0.5) is 5.95 Å². The number of benzene rings is 1. The number of aromatic nitrogens is 6. The van der Waals surface area contributed by atoms with Crippen molar-refractivity contribution in [3.63, 3.8) is 0 Å². The zero-order valence-corrected chi connectivity index (χ0v) is 22.1. The number of nitrogens with one attached hydrogen (secondary N) is 2. The number of nitrogens with two attached hydrogens (primary N) is 1. The van der Waals surface area contributed by atoms with Crippen molar-refractivity contribution in [1.29, 1.82) is 0 Å². The van der Waals surface area contributed by atoms with Gasteiger partial charge in [0.2, 0.25) is 23.6 Å². The van der Waals surface area contributed by atoms with Gasteiger partial charge in [-0.15, -0.1) is 10.2 Å². The molecular weight excluding hydrogens is 526 g/mol. The average Bonchev–Trinajstić information content (AvgIpc) is 3.57. The fourth-order valence-electron chi connectivity index (χ4n) is 4.52. The van der Waals surface area contributed by atoms with Crippen molar-refractivity contribution in [3.8, 4) is 17.1 Å². The number of nitrogens with zero attached hydrogens (tertiary/aromatic N) is 6. The number of rotatable bonds is 6. The normalized spacial score (nSPS) is 20.1. The van der Waals surface area contributed by atoms with Gasteiger partial charge in [0.15, 0.2) is 5.65 Å². The van der Waals surface area contributed by atoms with E-state index in [-0.39, 0.29) is 17.4 Å². The molecule has 4 aromatic rings. The van der Waals surface area contributed by atoms with Crippen LogP contribution in [-0.2, 0) is 10.3 Å². The van der Waals surface area contributed by atoms with Gasteiger partial charge in [0, 0.05) is 30.3 Å². The Morgan fingerprint density at radius 2 is 2.03 bits per heavy atom. The molecule has 0 unspecified atom stereocenters. The highest BCUT2D eigenvalue weighted by atomic mass is 79.9. The SMILES string of the molecule is CNC(=O)[C@]1(C)CC[C@@H](Nc2ncc3c(Br)nn(-c4ccc(-c5nnc(C(C)(C)N)o5)cc4)c3n2)C1. The summed E-state index contributed by atoms with van der Waals surface area (Å²) in [6.45, 7) is 5.62. The third kappa shape index (κ3) is 4.46. The highest BCUT2D eigenvalue weighted by Crippen LogP contribution is 2.39. The van der Waals surface area contributed by atoms with E-state index in [9.17, 15) is 4.79 Å². The van der Waals surface area contributed by atoms with Gasteiger partial charge >= 0.3 is 0 Å². The van der Waals surface area contributed by atoms with Gasteiger partial charge in [-0.05, 0) is 73.3 Å². The summed E-state index contributed by atoms with van der Waals surface area (Å²) in [5, 5.41) is 19.7. The lowest BCUT2D eigenvalue weighted by atomic mass is 9.87. The first-order valence-corrected chi connectivity index (χ1v) is 12.5. The van der Waals surface area contributed by atoms with Crippen LogP contribution in [0.2, 0.25) is 0 Å². The van der Waals surface area contributed by atoms with Crippen LogP contribution in [0.3, 0.4) is 0 Å². The second kappa shape index (κ2) is 8.93. The van der Waals surface area contributed by atoms with E-state index in [0.717, 1.165) is 35.9 Å². The van der Waals surface area contributed by atoms with Crippen molar-refractivity contribution < 1.29 is 9.21 Å². The minimum Gasteiger partial charge on any atom is -0.419 e. The monoisotopic (exact) mass is 553 g/mol. The number of carbonyl (C=O) groups excluding carboxylic acids is 1. The van der Waals surface area contributed by atoms with Crippen LogP contribution in [-0.4, -0.2) is 48.9 Å². The Morgan fingerprint density at radius 1 is 1.28 bits per heavy atom. The first-order valence-electron chi connectivity index (χ1n) is 11.7. The van der Waals surface area contributed by atoms with Gasteiger partial charge in [0.25, 0.3) is 0 Å². The van der Waals surface area contributed by atoms with Crippen LogP contribution in [0.1, 0.15) is 45.9 Å². The summed E-state index contributed by atoms with van der Waals surface area (Å²) in [5.41, 5.74) is 7.19. The molecule has 0 radical (unpaired) electrons. The van der Waals surface area contributed by atoms with Crippen molar-refractivity contribution in [3.05, 3.63) is 41.0 Å². The first-order chi connectivity index (χ1) is 17.1. The van der Waals surface area contributed by atoms with Crippen molar-refractivity contribution in [2.45, 2.75) is 51.6 Å². The lowest BCUT2D eigenvalue weighted by Crippen LogP contribution is -2.35. The number of anilines is 1. The van der Waals surface area contributed by atoms with E-state index >= 15 is 0 Å². The van der Waals surface area contributed by atoms with Gasteiger partial charge < -0.3 is 20.8 Å². The fraction of sp³-hybridized carbons (Fsp3) is 0.417. The van der Waals surface area contributed by atoms with Gasteiger partial charge in [0.1, 0.15) is 4.60 Å². The molecule has 0 aliphatic heterocycles. The Labute approximate surface area is 216 Å². The van der Waals surface area contributed by atoms with E-state index in [1.54, 1.807) is 17.9 Å². The Balaban J connectivity index is 1.40. The summed E-state index contributed by atoms with van der Waals surface area (Å²) < 4.78 is 8.14. The number of amides is 1. The van der Waals surface area contributed by atoms with Crippen LogP contribution < -0.4 is 16.4 Å². The summed E-state index contributed by atoms with van der Waals surface area (Å²) in [4.78, 5) is 21.5. The molecule has 12 heteroatoms. The minimum atomic E-state index is -0.712. The van der Waals surface area contributed by atoms with Gasteiger partial charge in [-0.25, -0.2) is 9.67 Å². The smallest absolute Gasteiger partial charge is 0.247 e. The number of hydrogen-bond acceptors (Lipinski definition) is 9. The van der Waals surface area contributed by atoms with Gasteiger partial charge in [-0.3, -0.25) is 4.79 Å². The van der Waals surface area contributed by atoms with Gasteiger partial charge in [-0.2, -0.15) is 10.1 Å². The molecule has 4 N–H and O–H groups in total. The number of fused-ring (bicyclic) bond motifs is 1. The molecule has 2 atom stereocenters. The first kappa shape index (κ1) is 24.3. The Hall–Kier alpha value is -3.38. The largest absolute Gasteiger partial charge is 0.419 e. The molecule has 0 spiro atoms. The van der Waals surface area contributed by atoms with E-state index in [1.807, 2.05) is 45.0 Å². The van der Waals surface area contributed by atoms with E-state index in [4.69, 9.17) is 15.1 Å².